The van der Waals surface area contributed by atoms with Gasteiger partial charge < -0.3 is 19.2 Å². The van der Waals surface area contributed by atoms with Crippen LogP contribution in [0.15, 0.2) is 49.5 Å². The zero-order valence-electron chi connectivity index (χ0n) is 17.3. The highest BCUT2D eigenvalue weighted by Gasteiger charge is 2.23. The van der Waals surface area contributed by atoms with E-state index in [0.29, 0.717) is 25.6 Å². The van der Waals surface area contributed by atoms with Crippen molar-refractivity contribution in [2.45, 2.75) is 20.0 Å². The van der Waals surface area contributed by atoms with E-state index in [0.717, 1.165) is 0 Å². The third-order valence-electron chi connectivity index (χ3n) is 4.39. The molecule has 1 aromatic heterocycles. The number of ether oxygens (including phenoxy) is 3. The van der Waals surface area contributed by atoms with Gasteiger partial charge in [-0.3, -0.25) is 4.79 Å². The maximum Gasteiger partial charge on any atom is 0.349 e. The van der Waals surface area contributed by atoms with Gasteiger partial charge in [-0.2, -0.15) is 5.10 Å². The predicted molar refractivity (Wildman–Crippen MR) is 124 cm³/mol. The number of benzene rings is 2. The van der Waals surface area contributed by atoms with Gasteiger partial charge in [0.25, 0.3) is 5.56 Å². The van der Waals surface area contributed by atoms with Crippen LogP contribution in [0, 0.1) is 0 Å². The second kappa shape index (κ2) is 10.0. The van der Waals surface area contributed by atoms with Crippen LogP contribution in [-0.2, 0) is 9.53 Å². The van der Waals surface area contributed by atoms with Gasteiger partial charge in [-0.05, 0) is 48.0 Å². The van der Waals surface area contributed by atoms with Gasteiger partial charge in [0.1, 0.15) is 5.02 Å². The highest BCUT2D eigenvalue weighted by molar-refractivity contribution is 9.10. The number of hydrogen-bond donors (Lipinski definition) is 1. The summed E-state index contributed by atoms with van der Waals surface area (Å²) in [6.45, 7) is 3.42. The summed E-state index contributed by atoms with van der Waals surface area (Å²) in [5.41, 5.74) is -0.445. The van der Waals surface area contributed by atoms with Gasteiger partial charge in [-0.1, -0.05) is 23.7 Å². The minimum atomic E-state index is -0.928. The summed E-state index contributed by atoms with van der Waals surface area (Å²) in [7, 11) is 1.40. The molecule has 32 heavy (non-hydrogen) atoms. The molecule has 1 N–H and O–H groups in total. The number of hydrogen-bond acceptors (Lipinski definition) is 7. The number of para-hydroxylation sites is 1. The highest BCUT2D eigenvalue weighted by atomic mass is 79.9. The monoisotopic (exact) mass is 523 g/mol. The summed E-state index contributed by atoms with van der Waals surface area (Å²) in [5, 5.41) is 4.45. The second-order valence-corrected chi connectivity index (χ2v) is 7.65. The van der Waals surface area contributed by atoms with Crippen LogP contribution in [0.3, 0.4) is 0 Å². The van der Waals surface area contributed by atoms with Crippen LogP contribution in [0.5, 0.6) is 11.5 Å². The van der Waals surface area contributed by atoms with Gasteiger partial charge in [-0.25, -0.2) is 9.59 Å². The lowest BCUT2D eigenvalue weighted by atomic mass is 10.2. The molecule has 1 atom stereocenters. The number of H-pyrrole nitrogens is 1. The zero-order chi connectivity index (χ0) is 23.4. The molecule has 0 radical (unpaired) electrons. The fourth-order valence-corrected chi connectivity index (χ4v) is 3.47. The molecule has 168 valence electrons. The Labute approximate surface area is 195 Å². The Hall–Kier alpha value is -3.11. The number of esters is 1. The van der Waals surface area contributed by atoms with E-state index in [9.17, 15) is 14.4 Å². The van der Waals surface area contributed by atoms with Gasteiger partial charge in [0.2, 0.25) is 0 Å². The van der Waals surface area contributed by atoms with Crippen molar-refractivity contribution in [3.8, 4) is 11.5 Å². The molecule has 0 aliphatic carbocycles. The fourth-order valence-electron chi connectivity index (χ4n) is 2.82. The van der Waals surface area contributed by atoms with Crippen molar-refractivity contribution in [2.75, 3.05) is 13.7 Å². The SMILES string of the molecule is CCOC(=O)[C@H](C)Oc1c(OC)cc(C=Nn2c(=O)[nH]c3ccccc3c2=O)c(Br)c1Cl. The number of carbonyl (C=O) groups is 1. The molecule has 0 bridgehead atoms. The molecule has 11 heteroatoms. The fraction of sp³-hybridized carbons (Fsp3) is 0.238. The molecule has 0 aliphatic rings. The Morgan fingerprint density at radius 1 is 1.34 bits per heavy atom. The normalized spacial score (nSPS) is 12.2. The van der Waals surface area contributed by atoms with Crippen LogP contribution in [0.1, 0.15) is 19.4 Å². The van der Waals surface area contributed by atoms with Crippen molar-refractivity contribution >= 4 is 50.6 Å². The number of carbonyl (C=O) groups excluding carboxylic acids is 1. The van der Waals surface area contributed by atoms with E-state index in [4.69, 9.17) is 25.8 Å². The van der Waals surface area contributed by atoms with Crippen molar-refractivity contribution in [1.82, 2.24) is 9.66 Å². The summed E-state index contributed by atoms with van der Waals surface area (Å²) < 4.78 is 17.0. The molecule has 0 fully saturated rings. The van der Waals surface area contributed by atoms with E-state index in [1.54, 1.807) is 31.2 Å². The lowest BCUT2D eigenvalue weighted by Gasteiger charge is -2.18. The Bertz CT molecular complexity index is 1320. The first-order chi connectivity index (χ1) is 15.3. The van der Waals surface area contributed by atoms with Gasteiger partial charge in [0.15, 0.2) is 17.6 Å². The predicted octanol–water partition coefficient (Wildman–Crippen LogP) is 3.33. The quantitative estimate of drug-likeness (QED) is 0.375. The molecule has 0 spiro atoms. The third kappa shape index (κ3) is 4.71. The van der Waals surface area contributed by atoms with Crippen LogP contribution >= 0.6 is 27.5 Å². The average Bonchev–Trinajstić information content (AvgIpc) is 2.78. The summed E-state index contributed by atoms with van der Waals surface area (Å²) in [6, 6.07) is 8.15. The van der Waals surface area contributed by atoms with E-state index in [2.05, 4.69) is 26.0 Å². The highest BCUT2D eigenvalue weighted by Crippen LogP contribution is 2.42. The molecule has 0 unspecified atom stereocenters. The molecule has 9 nitrogen and oxygen atoms in total. The number of fused-ring (bicyclic) bond motifs is 1. The lowest BCUT2D eigenvalue weighted by Crippen LogP contribution is -2.32. The lowest BCUT2D eigenvalue weighted by molar-refractivity contribution is -0.150. The summed E-state index contributed by atoms with van der Waals surface area (Å²) in [4.78, 5) is 39.5. The molecular formula is C21H19BrClN3O6. The van der Waals surface area contributed by atoms with Crippen LogP contribution in [0.25, 0.3) is 10.9 Å². The van der Waals surface area contributed by atoms with Gasteiger partial charge in [0, 0.05) is 10.0 Å². The first-order valence-electron chi connectivity index (χ1n) is 9.46. The van der Waals surface area contributed by atoms with E-state index >= 15 is 0 Å². The minimum Gasteiger partial charge on any atom is -0.493 e. The molecular weight excluding hydrogens is 506 g/mol. The largest absolute Gasteiger partial charge is 0.493 e. The Morgan fingerprint density at radius 3 is 2.75 bits per heavy atom. The van der Waals surface area contributed by atoms with E-state index in [1.807, 2.05) is 0 Å². The summed E-state index contributed by atoms with van der Waals surface area (Å²) in [5.74, 6) is -0.211. The number of halogens is 2. The average molecular weight is 525 g/mol. The maximum atomic E-state index is 12.6. The van der Waals surface area contributed by atoms with E-state index in [-0.39, 0.29) is 23.1 Å². The first-order valence-corrected chi connectivity index (χ1v) is 10.6. The number of rotatable bonds is 7. The van der Waals surface area contributed by atoms with Crippen LogP contribution in [0.4, 0.5) is 0 Å². The Kier molecular flexibility index (Phi) is 7.37. The smallest absolute Gasteiger partial charge is 0.349 e. The molecule has 0 aliphatic heterocycles. The van der Waals surface area contributed by atoms with Crippen molar-refractivity contribution in [1.29, 1.82) is 0 Å². The van der Waals surface area contributed by atoms with Crippen LogP contribution < -0.4 is 20.7 Å². The third-order valence-corrected chi connectivity index (χ3v) is 5.83. The summed E-state index contributed by atoms with van der Waals surface area (Å²) >= 11 is 9.78. The molecule has 1 heterocycles. The van der Waals surface area contributed by atoms with Crippen molar-refractivity contribution in [3.63, 3.8) is 0 Å². The molecule has 0 saturated heterocycles. The minimum absolute atomic E-state index is 0.113. The molecule has 0 saturated carbocycles. The molecule has 2 aromatic carbocycles. The number of nitrogens with zero attached hydrogens (tertiary/aromatic N) is 2. The Balaban J connectivity index is 2.01. The summed E-state index contributed by atoms with van der Waals surface area (Å²) in [6.07, 6.45) is 0.352. The number of aromatic amines is 1. The van der Waals surface area contributed by atoms with Gasteiger partial charge in [0.05, 0.1) is 30.8 Å². The number of nitrogens with one attached hydrogen (secondary N) is 1. The van der Waals surface area contributed by atoms with Crippen LogP contribution in [0.2, 0.25) is 5.02 Å². The Morgan fingerprint density at radius 2 is 2.06 bits per heavy atom. The first kappa shape index (κ1) is 23.6. The van der Waals surface area contributed by atoms with Gasteiger partial charge in [-0.15, -0.1) is 4.68 Å². The molecule has 3 rings (SSSR count). The zero-order valence-corrected chi connectivity index (χ0v) is 19.7. The van der Waals surface area contributed by atoms with Gasteiger partial charge >= 0.3 is 11.7 Å². The maximum absolute atomic E-state index is 12.6. The second-order valence-electron chi connectivity index (χ2n) is 6.47. The standard InChI is InChI=1S/C21H19BrClN3O6/c1-4-31-20(28)11(2)32-18-15(30-3)9-12(16(22)17(18)23)10-24-26-19(27)13-7-5-6-8-14(13)25-21(26)29/h5-11H,4H2,1-3H3,(H,25,29)/t11-/m0/s1. The molecule has 3 aromatic rings. The van der Waals surface area contributed by atoms with Crippen molar-refractivity contribution in [2.24, 2.45) is 5.10 Å². The topological polar surface area (TPSA) is 112 Å². The number of methoxy groups -OCH3 is 1. The van der Waals surface area contributed by atoms with Crippen molar-refractivity contribution in [3.05, 3.63) is 66.2 Å². The molecule has 0 amide bonds. The number of aromatic nitrogens is 2. The van der Waals surface area contributed by atoms with E-state index in [1.165, 1.54) is 26.3 Å². The van der Waals surface area contributed by atoms with Crippen molar-refractivity contribution < 1.29 is 19.0 Å². The van der Waals surface area contributed by atoms with Crippen LogP contribution in [-0.4, -0.2) is 41.7 Å². The van der Waals surface area contributed by atoms with E-state index < -0.39 is 23.3 Å².